The minimum atomic E-state index is -0.999. The Bertz CT molecular complexity index is 233. The first kappa shape index (κ1) is 13.7. The Morgan fingerprint density at radius 1 is 1.33 bits per heavy atom. The van der Waals surface area contributed by atoms with E-state index in [9.17, 15) is 9.59 Å². The van der Waals surface area contributed by atoms with Gasteiger partial charge in [0.15, 0.2) is 0 Å². The van der Waals surface area contributed by atoms with Crippen molar-refractivity contribution in [3.8, 4) is 0 Å². The first-order valence-corrected chi connectivity index (χ1v) is 5.07. The zero-order valence-electron chi connectivity index (χ0n) is 9.76. The maximum absolute atomic E-state index is 11.4. The van der Waals surface area contributed by atoms with Gasteiger partial charge >= 0.3 is 12.0 Å². The van der Waals surface area contributed by atoms with Crippen LogP contribution in [0.1, 0.15) is 40.5 Å². The first-order valence-electron chi connectivity index (χ1n) is 5.07. The third-order valence-electron chi connectivity index (χ3n) is 1.67. The topological polar surface area (TPSA) is 78.4 Å². The molecule has 0 rings (SSSR count). The van der Waals surface area contributed by atoms with E-state index in [4.69, 9.17) is 5.11 Å². The number of nitrogens with one attached hydrogen (secondary N) is 2. The predicted molar refractivity (Wildman–Crippen MR) is 57.8 cm³/mol. The molecule has 0 aromatic heterocycles. The van der Waals surface area contributed by atoms with E-state index in [-0.39, 0.29) is 5.54 Å². The highest BCUT2D eigenvalue weighted by atomic mass is 16.4. The van der Waals surface area contributed by atoms with Crippen LogP contribution in [-0.2, 0) is 4.79 Å². The summed E-state index contributed by atoms with van der Waals surface area (Å²) < 4.78 is 0. The molecule has 1 atom stereocenters. The van der Waals surface area contributed by atoms with E-state index in [0.717, 1.165) is 0 Å². The van der Waals surface area contributed by atoms with Crippen molar-refractivity contribution >= 4 is 12.0 Å². The second-order valence-corrected chi connectivity index (χ2v) is 4.53. The number of urea groups is 1. The number of carbonyl (C=O) groups is 2. The molecule has 0 unspecified atom stereocenters. The van der Waals surface area contributed by atoms with Crippen LogP contribution >= 0.6 is 0 Å². The number of aliphatic carboxylic acids is 1. The van der Waals surface area contributed by atoms with E-state index in [1.807, 2.05) is 27.7 Å². The largest absolute Gasteiger partial charge is 0.480 e. The minimum absolute atomic E-state index is 0.362. The highest BCUT2D eigenvalue weighted by Gasteiger charge is 2.21. The number of carbonyl (C=O) groups excluding carboxylic acids is 1. The Kier molecular flexibility index (Phi) is 5.11. The third kappa shape index (κ3) is 6.76. The number of amides is 2. The van der Waals surface area contributed by atoms with E-state index in [0.29, 0.717) is 12.8 Å². The molecular formula is C10H20N2O3. The van der Waals surface area contributed by atoms with Crippen molar-refractivity contribution in [2.45, 2.75) is 52.1 Å². The van der Waals surface area contributed by atoms with Crippen molar-refractivity contribution in [1.29, 1.82) is 0 Å². The summed E-state index contributed by atoms with van der Waals surface area (Å²) in [5.74, 6) is -0.999. The van der Waals surface area contributed by atoms with Crippen LogP contribution in [0.15, 0.2) is 0 Å². The summed E-state index contributed by atoms with van der Waals surface area (Å²) in [6.45, 7) is 7.38. The lowest BCUT2D eigenvalue weighted by Gasteiger charge is -2.22. The van der Waals surface area contributed by atoms with Gasteiger partial charge in [0.05, 0.1) is 0 Å². The fraction of sp³-hybridized carbons (Fsp3) is 0.800. The van der Waals surface area contributed by atoms with Crippen LogP contribution in [0.25, 0.3) is 0 Å². The minimum Gasteiger partial charge on any atom is -0.480 e. The van der Waals surface area contributed by atoms with Crippen LogP contribution in [0.2, 0.25) is 0 Å². The molecular weight excluding hydrogens is 196 g/mol. The van der Waals surface area contributed by atoms with Crippen molar-refractivity contribution in [3.63, 3.8) is 0 Å². The van der Waals surface area contributed by atoms with Gasteiger partial charge in [-0.25, -0.2) is 9.59 Å². The smallest absolute Gasteiger partial charge is 0.326 e. The molecule has 0 aliphatic heterocycles. The van der Waals surface area contributed by atoms with Gasteiger partial charge in [-0.05, 0) is 27.2 Å². The van der Waals surface area contributed by atoms with Crippen LogP contribution in [-0.4, -0.2) is 28.7 Å². The SMILES string of the molecule is CCC[C@@H](NC(=O)NC(C)(C)C)C(=O)O. The van der Waals surface area contributed by atoms with Crippen LogP contribution < -0.4 is 10.6 Å². The highest BCUT2D eigenvalue weighted by molar-refractivity contribution is 5.82. The molecule has 0 bridgehead atoms. The highest BCUT2D eigenvalue weighted by Crippen LogP contribution is 2.00. The Morgan fingerprint density at radius 2 is 1.87 bits per heavy atom. The molecule has 0 heterocycles. The molecule has 0 aliphatic carbocycles. The summed E-state index contributed by atoms with van der Waals surface area (Å²) in [7, 11) is 0. The van der Waals surface area contributed by atoms with E-state index in [1.54, 1.807) is 0 Å². The molecule has 5 nitrogen and oxygen atoms in total. The van der Waals surface area contributed by atoms with Gasteiger partial charge in [0, 0.05) is 5.54 Å². The summed E-state index contributed by atoms with van der Waals surface area (Å²) >= 11 is 0. The molecule has 0 radical (unpaired) electrons. The van der Waals surface area contributed by atoms with Gasteiger partial charge in [-0.2, -0.15) is 0 Å². The predicted octanol–water partition coefficient (Wildman–Crippen LogP) is 1.34. The average Bonchev–Trinajstić information content (AvgIpc) is 1.99. The second-order valence-electron chi connectivity index (χ2n) is 4.53. The fourth-order valence-corrected chi connectivity index (χ4v) is 1.08. The van der Waals surface area contributed by atoms with Gasteiger partial charge in [0.1, 0.15) is 6.04 Å². The maximum Gasteiger partial charge on any atom is 0.326 e. The number of carboxylic acid groups (broad SMARTS) is 1. The molecule has 88 valence electrons. The number of hydrogen-bond donors (Lipinski definition) is 3. The lowest BCUT2D eigenvalue weighted by atomic mass is 10.1. The molecule has 0 spiro atoms. The monoisotopic (exact) mass is 216 g/mol. The molecule has 0 aliphatic rings. The van der Waals surface area contributed by atoms with Gasteiger partial charge < -0.3 is 15.7 Å². The normalized spacial score (nSPS) is 13.1. The van der Waals surface area contributed by atoms with Gasteiger partial charge in [-0.1, -0.05) is 13.3 Å². The van der Waals surface area contributed by atoms with Crippen LogP contribution in [0.5, 0.6) is 0 Å². The summed E-state index contributed by atoms with van der Waals surface area (Å²) in [5.41, 5.74) is -0.362. The van der Waals surface area contributed by atoms with Crippen LogP contribution in [0.4, 0.5) is 4.79 Å². The Labute approximate surface area is 90.2 Å². The van der Waals surface area contributed by atoms with Crippen molar-refractivity contribution in [3.05, 3.63) is 0 Å². The molecule has 0 saturated heterocycles. The number of carboxylic acids is 1. The number of hydrogen-bond acceptors (Lipinski definition) is 2. The summed E-state index contributed by atoms with van der Waals surface area (Å²) in [6.07, 6.45) is 1.15. The second kappa shape index (κ2) is 5.58. The van der Waals surface area contributed by atoms with Gasteiger partial charge in [-0.3, -0.25) is 0 Å². The van der Waals surface area contributed by atoms with Gasteiger partial charge in [-0.15, -0.1) is 0 Å². The molecule has 0 fully saturated rings. The maximum atomic E-state index is 11.4. The van der Waals surface area contributed by atoms with E-state index >= 15 is 0 Å². The zero-order valence-corrected chi connectivity index (χ0v) is 9.76. The summed E-state index contributed by atoms with van der Waals surface area (Å²) in [5, 5.41) is 13.9. The first-order chi connectivity index (χ1) is 6.76. The lowest BCUT2D eigenvalue weighted by Crippen LogP contribution is -2.51. The fourth-order valence-electron chi connectivity index (χ4n) is 1.08. The Balaban J connectivity index is 4.18. The van der Waals surface area contributed by atoms with E-state index in [1.165, 1.54) is 0 Å². The zero-order chi connectivity index (χ0) is 12.1. The van der Waals surface area contributed by atoms with E-state index in [2.05, 4.69) is 10.6 Å². The molecule has 5 heteroatoms. The Hall–Kier alpha value is -1.26. The average molecular weight is 216 g/mol. The molecule has 2 amide bonds. The van der Waals surface area contributed by atoms with Crippen molar-refractivity contribution in [2.24, 2.45) is 0 Å². The molecule has 3 N–H and O–H groups in total. The quantitative estimate of drug-likeness (QED) is 0.663. The molecule has 0 aromatic rings. The Morgan fingerprint density at radius 3 is 2.20 bits per heavy atom. The molecule has 0 saturated carbocycles. The lowest BCUT2D eigenvalue weighted by molar-refractivity contribution is -0.139. The third-order valence-corrected chi connectivity index (χ3v) is 1.67. The van der Waals surface area contributed by atoms with Crippen LogP contribution in [0.3, 0.4) is 0 Å². The van der Waals surface area contributed by atoms with E-state index < -0.39 is 18.0 Å². The molecule has 15 heavy (non-hydrogen) atoms. The molecule has 0 aromatic carbocycles. The summed E-state index contributed by atoms with van der Waals surface area (Å²) in [4.78, 5) is 22.1. The van der Waals surface area contributed by atoms with Gasteiger partial charge in [0.25, 0.3) is 0 Å². The van der Waals surface area contributed by atoms with Crippen molar-refractivity contribution in [1.82, 2.24) is 10.6 Å². The summed E-state index contributed by atoms with van der Waals surface area (Å²) in [6, 6.07) is -1.25. The van der Waals surface area contributed by atoms with Crippen LogP contribution in [0, 0.1) is 0 Å². The number of rotatable bonds is 4. The van der Waals surface area contributed by atoms with Gasteiger partial charge in [0.2, 0.25) is 0 Å². The van der Waals surface area contributed by atoms with Crippen molar-refractivity contribution in [2.75, 3.05) is 0 Å². The van der Waals surface area contributed by atoms with Crippen molar-refractivity contribution < 1.29 is 14.7 Å². The standard InChI is InChI=1S/C10H20N2O3/c1-5-6-7(8(13)14)11-9(15)12-10(2,3)4/h7H,5-6H2,1-4H3,(H,13,14)(H2,11,12,15)/t7-/m1/s1.